The Morgan fingerprint density at radius 2 is 0.588 bits per heavy atom. The van der Waals surface area contributed by atoms with Crippen molar-refractivity contribution in [2.45, 2.75) is 169 Å². The van der Waals surface area contributed by atoms with E-state index in [0.29, 0.717) is 19.8 Å². The Hall–Kier alpha value is 0.110. The zero-order valence-corrected chi connectivity index (χ0v) is 24.9. The molecule has 4 nitrogen and oxygen atoms in total. The maximum absolute atomic E-state index is 13.0. The highest BCUT2D eigenvalue weighted by Crippen LogP contribution is 2.50. The molecule has 0 aromatic carbocycles. The smallest absolute Gasteiger partial charge is 0.287 e. The number of phosphoric ester groups is 1. The normalized spacial score (nSPS) is 11.4. The van der Waals surface area contributed by atoms with E-state index in [0.717, 1.165) is 38.5 Å². The minimum atomic E-state index is -3.40. The minimum Gasteiger partial charge on any atom is -0.287 e. The van der Waals surface area contributed by atoms with E-state index in [1.54, 1.807) is 0 Å². The van der Waals surface area contributed by atoms with Crippen molar-refractivity contribution >= 4 is 7.82 Å². The van der Waals surface area contributed by atoms with Crippen LogP contribution in [0.3, 0.4) is 0 Å². The molecule has 0 bridgehead atoms. The largest absolute Gasteiger partial charge is 0.474 e. The average molecular weight is 507 g/mol. The Morgan fingerprint density at radius 3 is 0.824 bits per heavy atom. The first-order valence-corrected chi connectivity index (χ1v) is 16.6. The van der Waals surface area contributed by atoms with Crippen molar-refractivity contribution < 1.29 is 18.1 Å². The molecule has 0 atom stereocenters. The van der Waals surface area contributed by atoms with Crippen LogP contribution >= 0.6 is 7.82 Å². The summed E-state index contributed by atoms with van der Waals surface area (Å²) in [5.41, 5.74) is 0. The highest BCUT2D eigenvalue weighted by Gasteiger charge is 2.26. The Bertz CT molecular complexity index is 349. The van der Waals surface area contributed by atoms with Crippen LogP contribution in [-0.2, 0) is 18.1 Å². The molecule has 0 N–H and O–H groups in total. The van der Waals surface area contributed by atoms with E-state index >= 15 is 0 Å². The van der Waals surface area contributed by atoms with Gasteiger partial charge in [-0.25, -0.2) is 4.57 Å². The summed E-state index contributed by atoms with van der Waals surface area (Å²) in [6, 6.07) is 0. The Kier molecular flexibility index (Phi) is 33.2. The standard InChI is InChI=1S/C24H51O4P.C5H12/c1-4-7-10-13-16-19-22-26-29(25,27-23-20-17-14-11-8-5-2)28-24-21-18-15-12-9-6-3;1-3-5-4-2/h4-24H2,1-3H3;3-5H2,1-2H3. The van der Waals surface area contributed by atoms with Crippen LogP contribution in [0.5, 0.6) is 0 Å². The summed E-state index contributed by atoms with van der Waals surface area (Å²) in [6.07, 6.45) is 25.3. The number of rotatable bonds is 26. The van der Waals surface area contributed by atoms with E-state index < -0.39 is 7.82 Å². The third-order valence-electron chi connectivity index (χ3n) is 5.95. The van der Waals surface area contributed by atoms with Gasteiger partial charge in [0.1, 0.15) is 0 Å². The van der Waals surface area contributed by atoms with Crippen molar-refractivity contribution in [2.75, 3.05) is 19.8 Å². The first-order chi connectivity index (χ1) is 16.6. The van der Waals surface area contributed by atoms with Crippen LogP contribution in [0.4, 0.5) is 0 Å². The van der Waals surface area contributed by atoms with Gasteiger partial charge in [0.25, 0.3) is 0 Å². The molecule has 0 radical (unpaired) electrons. The van der Waals surface area contributed by atoms with Gasteiger partial charge in [-0.2, -0.15) is 0 Å². The Labute approximate surface area is 215 Å². The van der Waals surface area contributed by atoms with Crippen molar-refractivity contribution in [1.29, 1.82) is 0 Å². The highest BCUT2D eigenvalue weighted by atomic mass is 31.2. The van der Waals surface area contributed by atoms with Gasteiger partial charge in [0.2, 0.25) is 0 Å². The third-order valence-corrected chi connectivity index (χ3v) is 7.45. The van der Waals surface area contributed by atoms with Gasteiger partial charge in [0.15, 0.2) is 0 Å². The maximum atomic E-state index is 13.0. The molecular weight excluding hydrogens is 443 g/mol. The summed E-state index contributed by atoms with van der Waals surface area (Å²) in [7, 11) is -3.40. The second-order valence-corrected chi connectivity index (χ2v) is 11.3. The molecule has 0 spiro atoms. The molecule has 208 valence electrons. The van der Waals surface area contributed by atoms with Crippen molar-refractivity contribution in [3.8, 4) is 0 Å². The molecule has 0 fully saturated rings. The summed E-state index contributed by atoms with van der Waals surface area (Å²) >= 11 is 0. The van der Waals surface area contributed by atoms with Gasteiger partial charge in [-0.15, -0.1) is 0 Å². The molecule has 0 aliphatic carbocycles. The van der Waals surface area contributed by atoms with E-state index in [1.165, 1.54) is 96.3 Å². The van der Waals surface area contributed by atoms with Gasteiger partial charge in [-0.05, 0) is 19.3 Å². The predicted molar refractivity (Wildman–Crippen MR) is 151 cm³/mol. The van der Waals surface area contributed by atoms with Gasteiger partial charge < -0.3 is 0 Å². The first kappa shape index (κ1) is 36.3. The van der Waals surface area contributed by atoms with Crippen molar-refractivity contribution in [3.05, 3.63) is 0 Å². The quantitative estimate of drug-likeness (QED) is 0.0864. The van der Waals surface area contributed by atoms with Crippen LogP contribution in [0.1, 0.15) is 169 Å². The van der Waals surface area contributed by atoms with E-state index in [2.05, 4.69) is 34.6 Å². The van der Waals surface area contributed by atoms with E-state index in [-0.39, 0.29) is 0 Å². The zero-order chi connectivity index (χ0) is 25.6. The third kappa shape index (κ3) is 30.1. The van der Waals surface area contributed by atoms with Crippen LogP contribution in [0.15, 0.2) is 0 Å². The molecule has 0 amide bonds. The molecule has 0 aliphatic rings. The first-order valence-electron chi connectivity index (χ1n) is 15.1. The van der Waals surface area contributed by atoms with Crippen LogP contribution < -0.4 is 0 Å². The molecule has 0 aliphatic heterocycles. The second-order valence-electron chi connectivity index (χ2n) is 9.60. The Balaban J connectivity index is 0. The minimum absolute atomic E-state index is 0.469. The fourth-order valence-corrected chi connectivity index (χ4v) is 4.92. The van der Waals surface area contributed by atoms with Gasteiger partial charge in [-0.3, -0.25) is 13.6 Å². The molecule has 0 aromatic rings. The van der Waals surface area contributed by atoms with Gasteiger partial charge >= 0.3 is 7.82 Å². The molecule has 0 rings (SSSR count). The zero-order valence-electron chi connectivity index (χ0n) is 24.1. The van der Waals surface area contributed by atoms with Crippen LogP contribution in [0.25, 0.3) is 0 Å². The lowest BCUT2D eigenvalue weighted by atomic mass is 10.1. The molecular formula is C29H63O4P. The topological polar surface area (TPSA) is 44.8 Å². The molecule has 0 unspecified atom stereocenters. The lowest BCUT2D eigenvalue weighted by Gasteiger charge is -2.18. The molecule has 0 saturated heterocycles. The number of hydrogen-bond donors (Lipinski definition) is 0. The molecule has 0 heterocycles. The summed E-state index contributed by atoms with van der Waals surface area (Å²) in [5, 5.41) is 0. The number of phosphoric acid groups is 1. The van der Waals surface area contributed by atoms with Crippen molar-refractivity contribution in [1.82, 2.24) is 0 Å². The fraction of sp³-hybridized carbons (Fsp3) is 1.00. The number of hydrogen-bond acceptors (Lipinski definition) is 4. The maximum Gasteiger partial charge on any atom is 0.474 e. The Morgan fingerprint density at radius 1 is 0.353 bits per heavy atom. The van der Waals surface area contributed by atoms with Gasteiger partial charge in [0, 0.05) is 0 Å². The summed E-state index contributed by atoms with van der Waals surface area (Å²) in [5.74, 6) is 0. The van der Waals surface area contributed by atoms with Crippen molar-refractivity contribution in [2.24, 2.45) is 0 Å². The summed E-state index contributed by atoms with van der Waals surface area (Å²) in [6.45, 7) is 12.5. The molecule has 5 heteroatoms. The van der Waals surface area contributed by atoms with Gasteiger partial charge in [0.05, 0.1) is 19.8 Å². The van der Waals surface area contributed by atoms with Crippen LogP contribution in [0.2, 0.25) is 0 Å². The summed E-state index contributed by atoms with van der Waals surface area (Å²) in [4.78, 5) is 0. The molecule has 34 heavy (non-hydrogen) atoms. The molecule has 0 aromatic heterocycles. The van der Waals surface area contributed by atoms with Crippen LogP contribution in [0, 0.1) is 0 Å². The van der Waals surface area contributed by atoms with Crippen molar-refractivity contribution in [3.63, 3.8) is 0 Å². The lowest BCUT2D eigenvalue weighted by molar-refractivity contribution is 0.108. The average Bonchev–Trinajstić information content (AvgIpc) is 2.83. The SMILES string of the molecule is CCCCC.CCCCCCCCOP(=O)(OCCCCCCCC)OCCCCCCCC. The van der Waals surface area contributed by atoms with Gasteiger partial charge in [-0.1, -0.05) is 150 Å². The summed E-state index contributed by atoms with van der Waals surface area (Å²) < 4.78 is 29.9. The predicted octanol–water partition coefficient (Wildman–Crippen LogP) is 11.4. The highest BCUT2D eigenvalue weighted by molar-refractivity contribution is 7.48. The van der Waals surface area contributed by atoms with E-state index in [9.17, 15) is 4.57 Å². The fourth-order valence-electron chi connectivity index (χ4n) is 3.64. The number of unbranched alkanes of at least 4 members (excludes halogenated alkanes) is 17. The van der Waals surface area contributed by atoms with Crippen LogP contribution in [-0.4, -0.2) is 19.8 Å². The molecule has 0 saturated carbocycles. The van der Waals surface area contributed by atoms with E-state index in [4.69, 9.17) is 13.6 Å². The monoisotopic (exact) mass is 506 g/mol. The lowest BCUT2D eigenvalue weighted by Crippen LogP contribution is -2.04. The second kappa shape index (κ2) is 31.1. The van der Waals surface area contributed by atoms with E-state index in [1.807, 2.05) is 0 Å².